The summed E-state index contributed by atoms with van der Waals surface area (Å²) in [6.07, 6.45) is 4.39. The van der Waals surface area contributed by atoms with Crippen LogP contribution >= 0.6 is 24.8 Å². The van der Waals surface area contributed by atoms with E-state index in [-0.39, 0.29) is 24.8 Å². The molecule has 5 heteroatoms. The molecule has 0 radical (unpaired) electrons. The highest BCUT2D eigenvalue weighted by atomic mass is 35.5. The van der Waals surface area contributed by atoms with Crippen molar-refractivity contribution in [3.05, 3.63) is 59.2 Å². The van der Waals surface area contributed by atoms with E-state index < -0.39 is 0 Å². The molecule has 0 fully saturated rings. The summed E-state index contributed by atoms with van der Waals surface area (Å²) in [7, 11) is 1.70. The van der Waals surface area contributed by atoms with Crippen molar-refractivity contribution in [3.8, 4) is 5.75 Å². The number of nitrogens with two attached hydrogens (primary N) is 1. The minimum Gasteiger partial charge on any atom is -0.497 e. The molecule has 0 bridgehead atoms. The number of rotatable bonds is 5. The summed E-state index contributed by atoms with van der Waals surface area (Å²) in [6, 6.07) is 15.2. The molecule has 0 aliphatic heterocycles. The van der Waals surface area contributed by atoms with Crippen LogP contribution in [0.25, 0.3) is 0 Å². The third kappa shape index (κ3) is 5.04. The molecule has 1 unspecified atom stereocenters. The zero-order chi connectivity index (χ0) is 15.4. The first-order chi connectivity index (χ1) is 10.8. The van der Waals surface area contributed by atoms with Crippen molar-refractivity contribution in [1.82, 2.24) is 5.32 Å². The van der Waals surface area contributed by atoms with E-state index in [2.05, 4.69) is 29.6 Å². The fourth-order valence-corrected chi connectivity index (χ4v) is 3.22. The number of hydrogen-bond donors (Lipinski definition) is 2. The van der Waals surface area contributed by atoms with Gasteiger partial charge in [-0.2, -0.15) is 0 Å². The van der Waals surface area contributed by atoms with Gasteiger partial charge in [0.1, 0.15) is 5.75 Å². The van der Waals surface area contributed by atoms with E-state index in [1.54, 1.807) is 7.11 Å². The Balaban J connectivity index is 0.00000144. The molecular formula is C19H26Cl2N2O. The van der Waals surface area contributed by atoms with Crippen molar-refractivity contribution in [1.29, 1.82) is 0 Å². The van der Waals surface area contributed by atoms with Gasteiger partial charge in [0.15, 0.2) is 0 Å². The predicted molar refractivity (Wildman–Crippen MR) is 106 cm³/mol. The van der Waals surface area contributed by atoms with E-state index in [0.717, 1.165) is 37.2 Å². The highest BCUT2D eigenvalue weighted by Gasteiger charge is 2.19. The molecule has 1 aliphatic rings. The molecule has 3 N–H and O–H groups in total. The Bertz CT molecular complexity index is 632. The lowest BCUT2D eigenvalue weighted by molar-refractivity contribution is 0.414. The minimum atomic E-state index is 0. The summed E-state index contributed by atoms with van der Waals surface area (Å²) >= 11 is 0. The first kappa shape index (κ1) is 20.6. The molecule has 2 aromatic rings. The van der Waals surface area contributed by atoms with Gasteiger partial charge in [0.25, 0.3) is 0 Å². The number of halogens is 2. The zero-order valence-electron chi connectivity index (χ0n) is 14.0. The number of hydrogen-bond acceptors (Lipinski definition) is 3. The lowest BCUT2D eigenvalue weighted by atomic mass is 9.87. The average molecular weight is 369 g/mol. The van der Waals surface area contributed by atoms with E-state index in [9.17, 15) is 0 Å². The average Bonchev–Trinajstić information content (AvgIpc) is 2.56. The quantitative estimate of drug-likeness (QED) is 0.788. The van der Waals surface area contributed by atoms with Crippen LogP contribution in [-0.4, -0.2) is 19.7 Å². The molecule has 0 saturated heterocycles. The summed E-state index contributed by atoms with van der Waals surface area (Å²) in [6.45, 7) is 1.01. The first-order valence-corrected chi connectivity index (χ1v) is 7.99. The predicted octanol–water partition coefficient (Wildman–Crippen LogP) is 3.81. The fourth-order valence-electron chi connectivity index (χ4n) is 3.22. The fraction of sp³-hybridized carbons (Fsp3) is 0.368. The summed E-state index contributed by atoms with van der Waals surface area (Å²) in [5.41, 5.74) is 11.1. The van der Waals surface area contributed by atoms with E-state index in [1.165, 1.54) is 23.1 Å². The number of nitrogen functional groups attached to an aromatic ring is 1. The standard InChI is InChI=1S/C19H24N2O.2ClH/c1-22-17-8-5-14(6-9-17)11-12-21-16-7-10-18-15(13-16)3-2-4-19(18)20;;/h2-6,8-9,16,21H,7,10-13,20H2,1H3;2*1H. The van der Waals surface area contributed by atoms with E-state index >= 15 is 0 Å². The van der Waals surface area contributed by atoms with Crippen LogP contribution in [-0.2, 0) is 19.3 Å². The van der Waals surface area contributed by atoms with Crippen LogP contribution in [0.2, 0.25) is 0 Å². The van der Waals surface area contributed by atoms with Crippen LogP contribution in [0.3, 0.4) is 0 Å². The van der Waals surface area contributed by atoms with Gasteiger partial charge in [0.05, 0.1) is 7.11 Å². The van der Waals surface area contributed by atoms with Crippen molar-refractivity contribution in [2.75, 3.05) is 19.4 Å². The maximum Gasteiger partial charge on any atom is 0.118 e. The second kappa shape index (κ2) is 9.77. The van der Waals surface area contributed by atoms with Crippen molar-refractivity contribution < 1.29 is 4.74 Å². The zero-order valence-corrected chi connectivity index (χ0v) is 15.6. The molecule has 132 valence electrons. The Morgan fingerprint density at radius 1 is 1.12 bits per heavy atom. The van der Waals surface area contributed by atoms with Gasteiger partial charge in [0.2, 0.25) is 0 Å². The van der Waals surface area contributed by atoms with Crippen molar-refractivity contribution in [3.63, 3.8) is 0 Å². The lowest BCUT2D eigenvalue weighted by Crippen LogP contribution is -2.36. The summed E-state index contributed by atoms with van der Waals surface area (Å²) in [5, 5.41) is 3.69. The Labute approximate surface area is 156 Å². The Hall–Kier alpha value is -1.42. The molecule has 0 saturated carbocycles. The summed E-state index contributed by atoms with van der Waals surface area (Å²) in [4.78, 5) is 0. The molecular weight excluding hydrogens is 343 g/mol. The van der Waals surface area contributed by atoms with Crippen LogP contribution in [0, 0.1) is 0 Å². The maximum absolute atomic E-state index is 6.06. The van der Waals surface area contributed by atoms with Crippen LogP contribution < -0.4 is 15.8 Å². The first-order valence-electron chi connectivity index (χ1n) is 7.99. The normalized spacial score (nSPS) is 15.6. The third-order valence-corrected chi connectivity index (χ3v) is 4.52. The number of nitrogens with one attached hydrogen (secondary N) is 1. The van der Waals surface area contributed by atoms with Gasteiger partial charge in [-0.05, 0) is 67.1 Å². The highest BCUT2D eigenvalue weighted by molar-refractivity contribution is 5.85. The molecule has 0 spiro atoms. The number of benzene rings is 2. The van der Waals surface area contributed by atoms with Crippen molar-refractivity contribution in [2.45, 2.75) is 31.7 Å². The third-order valence-electron chi connectivity index (χ3n) is 4.52. The molecule has 3 rings (SSSR count). The van der Waals surface area contributed by atoms with Gasteiger partial charge in [-0.3, -0.25) is 0 Å². The number of anilines is 1. The molecule has 0 amide bonds. The SMILES string of the molecule is COc1ccc(CCNC2CCc3c(N)cccc3C2)cc1.Cl.Cl. The smallest absolute Gasteiger partial charge is 0.118 e. The number of methoxy groups -OCH3 is 1. The van der Waals surface area contributed by atoms with Crippen LogP contribution in [0.4, 0.5) is 5.69 Å². The Morgan fingerprint density at radius 2 is 1.88 bits per heavy atom. The minimum absolute atomic E-state index is 0. The van der Waals surface area contributed by atoms with E-state index in [4.69, 9.17) is 10.5 Å². The van der Waals surface area contributed by atoms with Gasteiger partial charge in [-0.1, -0.05) is 24.3 Å². The number of ether oxygens (including phenoxy) is 1. The van der Waals surface area contributed by atoms with Gasteiger partial charge >= 0.3 is 0 Å². The molecule has 2 aromatic carbocycles. The second-order valence-corrected chi connectivity index (χ2v) is 5.98. The molecule has 24 heavy (non-hydrogen) atoms. The highest BCUT2D eigenvalue weighted by Crippen LogP contribution is 2.26. The second-order valence-electron chi connectivity index (χ2n) is 5.98. The van der Waals surface area contributed by atoms with Crippen molar-refractivity contribution >= 4 is 30.5 Å². The Kier molecular flexibility index (Phi) is 8.40. The van der Waals surface area contributed by atoms with Crippen LogP contribution in [0.15, 0.2) is 42.5 Å². The van der Waals surface area contributed by atoms with Crippen LogP contribution in [0.1, 0.15) is 23.1 Å². The topological polar surface area (TPSA) is 47.3 Å². The molecule has 0 aromatic heterocycles. The van der Waals surface area contributed by atoms with E-state index in [0.29, 0.717) is 6.04 Å². The number of fused-ring (bicyclic) bond motifs is 1. The summed E-state index contributed by atoms with van der Waals surface area (Å²) in [5.74, 6) is 0.915. The molecule has 0 heterocycles. The maximum atomic E-state index is 6.06. The van der Waals surface area contributed by atoms with Crippen molar-refractivity contribution in [2.24, 2.45) is 0 Å². The monoisotopic (exact) mass is 368 g/mol. The van der Waals surface area contributed by atoms with Gasteiger partial charge < -0.3 is 15.8 Å². The molecule has 3 nitrogen and oxygen atoms in total. The summed E-state index contributed by atoms with van der Waals surface area (Å²) < 4.78 is 5.19. The molecule has 1 atom stereocenters. The van der Waals surface area contributed by atoms with Crippen LogP contribution in [0.5, 0.6) is 5.75 Å². The molecule has 1 aliphatic carbocycles. The van der Waals surface area contributed by atoms with Gasteiger partial charge in [-0.25, -0.2) is 0 Å². The largest absolute Gasteiger partial charge is 0.497 e. The van der Waals surface area contributed by atoms with Gasteiger partial charge in [0, 0.05) is 11.7 Å². The van der Waals surface area contributed by atoms with Gasteiger partial charge in [-0.15, -0.1) is 24.8 Å². The Morgan fingerprint density at radius 3 is 2.58 bits per heavy atom. The van der Waals surface area contributed by atoms with E-state index in [1.807, 2.05) is 18.2 Å². The lowest BCUT2D eigenvalue weighted by Gasteiger charge is -2.26.